The van der Waals surface area contributed by atoms with Crippen LogP contribution in [-0.2, 0) is 9.59 Å². The van der Waals surface area contributed by atoms with Crippen LogP contribution in [0.2, 0.25) is 0 Å². The van der Waals surface area contributed by atoms with E-state index in [2.05, 4.69) is 0 Å². The second-order valence-electron chi connectivity index (χ2n) is 9.99. The summed E-state index contributed by atoms with van der Waals surface area (Å²) in [6.45, 7) is -2.78. The number of carbonyl (C=O) groups is 2. The van der Waals surface area contributed by atoms with Crippen LogP contribution in [0.1, 0.15) is 25.7 Å². The summed E-state index contributed by atoms with van der Waals surface area (Å²) in [6.07, 6.45) is -2.87. The molecule has 0 spiro atoms. The van der Waals surface area contributed by atoms with Gasteiger partial charge in [-0.3, -0.25) is 9.59 Å². The van der Waals surface area contributed by atoms with Crippen molar-refractivity contribution in [3.63, 3.8) is 0 Å². The van der Waals surface area contributed by atoms with Gasteiger partial charge in [-0.15, -0.1) is 0 Å². The van der Waals surface area contributed by atoms with Crippen molar-refractivity contribution in [2.45, 2.75) is 96.2 Å². The average Bonchev–Trinajstić information content (AvgIpc) is 2.90. The number of hydrogen-bond acceptors (Lipinski definition) is 2. The third kappa shape index (κ3) is 4.10. The Kier molecular flexibility index (Phi) is 8.99. The molecule has 0 atom stereocenters. The monoisotopic (exact) mass is 732 g/mol. The Bertz CT molecular complexity index is 1060. The summed E-state index contributed by atoms with van der Waals surface area (Å²) in [7, 11) is 0. The molecule has 2 fully saturated rings. The lowest BCUT2D eigenvalue weighted by Crippen LogP contribution is -2.86. The highest BCUT2D eigenvalue weighted by Crippen LogP contribution is 2.71. The first-order valence-electron chi connectivity index (χ1n) is 11.8. The standard InChI is InChI=1S/C20H14F22N2O2/c21-9(11(23,24)15(31,32)19(39,40)16(33,34)12(9,25)26)7(45)43-5-3-1-2-4-6-44-8(46)10(22)13(27,28)17(35,36)20(41,42)18(37,38)14(10,29)30/h1-6H2,(H,43,45)(H,44,46). The Balaban J connectivity index is 2.03. The molecule has 2 aliphatic carbocycles. The molecule has 2 N–H and O–H groups in total. The quantitative estimate of drug-likeness (QED) is 0.208. The smallest absolute Gasteiger partial charge is 0.353 e. The number of halogens is 22. The zero-order valence-corrected chi connectivity index (χ0v) is 21.4. The molecule has 0 aromatic rings. The largest absolute Gasteiger partial charge is 0.384 e. The number of amides is 2. The summed E-state index contributed by atoms with van der Waals surface area (Å²) in [5.41, 5.74) is -14.0. The van der Waals surface area contributed by atoms with Crippen molar-refractivity contribution in [2.24, 2.45) is 0 Å². The van der Waals surface area contributed by atoms with Gasteiger partial charge in [0.25, 0.3) is 11.8 Å². The summed E-state index contributed by atoms with van der Waals surface area (Å²) in [4.78, 5) is 23.3. The topological polar surface area (TPSA) is 58.2 Å². The van der Waals surface area contributed by atoms with Crippen molar-refractivity contribution >= 4 is 11.8 Å². The van der Waals surface area contributed by atoms with E-state index in [-0.39, 0.29) is 0 Å². The molecule has 0 aliphatic heterocycles. The molecule has 0 heterocycles. The predicted octanol–water partition coefficient (Wildman–Crippen LogP) is 6.58. The summed E-state index contributed by atoms with van der Waals surface area (Å²) >= 11 is 0. The minimum absolute atomic E-state index is 0.609. The fourth-order valence-electron chi connectivity index (χ4n) is 4.26. The number of carbonyl (C=O) groups excluding carboxylic acids is 2. The van der Waals surface area contributed by atoms with Gasteiger partial charge in [0.1, 0.15) is 0 Å². The maximum atomic E-state index is 14.5. The minimum Gasteiger partial charge on any atom is -0.353 e. The van der Waals surface area contributed by atoms with Crippen molar-refractivity contribution in [1.29, 1.82) is 0 Å². The van der Waals surface area contributed by atoms with Crippen LogP contribution in [0.3, 0.4) is 0 Å². The Morgan fingerprint density at radius 2 is 0.478 bits per heavy atom. The van der Waals surface area contributed by atoms with E-state index in [1.165, 1.54) is 0 Å². The normalized spacial score (nSPS) is 29.3. The van der Waals surface area contributed by atoms with Crippen molar-refractivity contribution in [3.05, 3.63) is 0 Å². The average molecular weight is 732 g/mol. The Hall–Kier alpha value is -2.60. The molecule has 0 radical (unpaired) electrons. The molecule has 0 aromatic heterocycles. The van der Waals surface area contributed by atoms with Crippen LogP contribution in [0.25, 0.3) is 0 Å². The Morgan fingerprint density at radius 3 is 0.674 bits per heavy atom. The molecule has 0 saturated heterocycles. The molecule has 2 saturated carbocycles. The van der Waals surface area contributed by atoms with E-state index in [0.29, 0.717) is 0 Å². The van der Waals surface area contributed by atoms with Gasteiger partial charge in [-0.2, -0.15) is 87.8 Å². The molecule has 4 nitrogen and oxygen atoms in total. The molecule has 26 heteroatoms. The van der Waals surface area contributed by atoms with Crippen molar-refractivity contribution in [2.75, 3.05) is 13.1 Å². The Morgan fingerprint density at radius 1 is 0.304 bits per heavy atom. The maximum absolute atomic E-state index is 14.5. The van der Waals surface area contributed by atoms with Gasteiger partial charge in [0.2, 0.25) is 0 Å². The van der Waals surface area contributed by atoms with Gasteiger partial charge in [0.15, 0.2) is 0 Å². The lowest BCUT2D eigenvalue weighted by Gasteiger charge is -2.51. The minimum atomic E-state index is -7.59. The lowest BCUT2D eigenvalue weighted by molar-refractivity contribution is -0.476. The fourth-order valence-corrected chi connectivity index (χ4v) is 4.26. The zero-order chi connectivity index (χ0) is 36.8. The third-order valence-electron chi connectivity index (χ3n) is 7.19. The first-order chi connectivity index (χ1) is 20.0. The lowest BCUT2D eigenvalue weighted by atomic mass is 9.71. The van der Waals surface area contributed by atoms with Gasteiger partial charge >= 0.3 is 70.6 Å². The van der Waals surface area contributed by atoms with Gasteiger partial charge in [0, 0.05) is 13.1 Å². The van der Waals surface area contributed by atoms with E-state index >= 15 is 0 Å². The first kappa shape index (κ1) is 39.6. The van der Waals surface area contributed by atoms with Crippen molar-refractivity contribution < 1.29 is 106 Å². The molecule has 0 bridgehead atoms. The van der Waals surface area contributed by atoms with Crippen LogP contribution in [0.15, 0.2) is 0 Å². The first-order valence-corrected chi connectivity index (χ1v) is 11.8. The Labute approximate surface area is 239 Å². The summed E-state index contributed by atoms with van der Waals surface area (Å²) in [5.74, 6) is -82.6. The molecular formula is C20H14F22N2O2. The molecule has 0 unspecified atom stereocenters. The van der Waals surface area contributed by atoms with Crippen LogP contribution in [0, 0.1) is 0 Å². The van der Waals surface area contributed by atoms with E-state index in [1.807, 2.05) is 0 Å². The molecule has 0 aromatic carbocycles. The van der Waals surface area contributed by atoms with E-state index in [9.17, 15) is 106 Å². The molecule has 270 valence electrons. The number of hydrogen-bond donors (Lipinski definition) is 2. The van der Waals surface area contributed by atoms with E-state index in [1.54, 1.807) is 0 Å². The van der Waals surface area contributed by atoms with E-state index < -0.39 is 121 Å². The van der Waals surface area contributed by atoms with Gasteiger partial charge < -0.3 is 10.6 Å². The highest BCUT2D eigenvalue weighted by atomic mass is 19.4. The van der Waals surface area contributed by atoms with Crippen LogP contribution in [0.5, 0.6) is 0 Å². The predicted molar refractivity (Wildman–Crippen MR) is 102 cm³/mol. The van der Waals surface area contributed by atoms with Gasteiger partial charge in [-0.1, -0.05) is 12.8 Å². The van der Waals surface area contributed by atoms with Crippen LogP contribution < -0.4 is 10.6 Å². The van der Waals surface area contributed by atoms with Gasteiger partial charge in [-0.05, 0) is 12.8 Å². The van der Waals surface area contributed by atoms with Crippen LogP contribution in [0.4, 0.5) is 96.6 Å². The fraction of sp³-hybridized carbons (Fsp3) is 0.900. The van der Waals surface area contributed by atoms with Gasteiger partial charge in [0.05, 0.1) is 0 Å². The number of unbranched alkanes of at least 4 members (excludes halogenated alkanes) is 3. The number of rotatable bonds is 9. The summed E-state index contributed by atoms with van der Waals surface area (Å²) in [6, 6.07) is 0. The van der Waals surface area contributed by atoms with Crippen molar-refractivity contribution in [1.82, 2.24) is 10.6 Å². The van der Waals surface area contributed by atoms with E-state index in [0.717, 1.165) is 10.6 Å². The van der Waals surface area contributed by atoms with Crippen LogP contribution >= 0.6 is 0 Å². The summed E-state index contributed by atoms with van der Waals surface area (Å²) < 4.78 is 300. The van der Waals surface area contributed by atoms with Gasteiger partial charge in [-0.25, -0.2) is 8.78 Å². The molecule has 2 amide bonds. The highest BCUT2D eigenvalue weighted by Gasteiger charge is 3.04. The second-order valence-corrected chi connectivity index (χ2v) is 9.99. The number of alkyl halides is 22. The molecular weight excluding hydrogens is 718 g/mol. The molecule has 46 heavy (non-hydrogen) atoms. The maximum Gasteiger partial charge on any atom is 0.384 e. The van der Waals surface area contributed by atoms with Crippen molar-refractivity contribution in [3.8, 4) is 0 Å². The second kappa shape index (κ2) is 10.4. The molecule has 2 rings (SSSR count). The van der Waals surface area contributed by atoms with Crippen LogP contribution in [-0.4, -0.2) is 95.5 Å². The zero-order valence-electron chi connectivity index (χ0n) is 21.4. The SMILES string of the molecule is O=C(NCCCCCCNC(=O)C1(F)C(F)(F)C(F)(F)C(F)(F)C(F)(F)C1(F)F)C1(F)C(F)(F)C(F)(F)C(F)(F)C(F)(F)C1(F)F. The summed E-state index contributed by atoms with van der Waals surface area (Å²) in [5, 5.41) is 1.46. The third-order valence-corrected chi connectivity index (χ3v) is 7.19. The number of nitrogens with one attached hydrogen (secondary N) is 2. The highest BCUT2D eigenvalue weighted by molar-refractivity contribution is 5.89. The van der Waals surface area contributed by atoms with E-state index in [4.69, 9.17) is 0 Å². The molecule has 2 aliphatic rings.